The standard InChI is InChI=1S/C18H15N3O4S2/c1-11(22)17-15-10-26(23)16-5-3-2-4-14(16)18(15)21(20-17)12-6-8-13(9-7-12)27(19,24)25/h2-9H,10H2,1H3,(H2,19,24,25). The number of benzene rings is 2. The fourth-order valence-electron chi connectivity index (χ4n) is 3.18. The van der Waals surface area contributed by atoms with E-state index in [2.05, 4.69) is 5.10 Å². The van der Waals surface area contributed by atoms with E-state index in [4.69, 9.17) is 5.14 Å². The zero-order valence-corrected chi connectivity index (χ0v) is 15.9. The second-order valence-electron chi connectivity index (χ2n) is 6.17. The molecule has 1 aliphatic heterocycles. The normalized spacial score (nSPS) is 15.9. The minimum atomic E-state index is -3.81. The van der Waals surface area contributed by atoms with Crippen molar-refractivity contribution in [2.45, 2.75) is 22.5 Å². The summed E-state index contributed by atoms with van der Waals surface area (Å²) in [6.07, 6.45) is 0. The van der Waals surface area contributed by atoms with Crippen molar-refractivity contribution in [3.05, 3.63) is 59.8 Å². The molecule has 0 amide bonds. The SMILES string of the molecule is CC(=O)c1nn(-c2ccc(S(N)(=O)=O)cc2)c2c1CS(=O)c1ccccc1-2. The maximum absolute atomic E-state index is 12.6. The third kappa shape index (κ3) is 2.93. The fourth-order valence-corrected chi connectivity index (χ4v) is 5.03. The summed E-state index contributed by atoms with van der Waals surface area (Å²) < 4.78 is 37.2. The summed E-state index contributed by atoms with van der Waals surface area (Å²) in [4.78, 5) is 12.8. The van der Waals surface area contributed by atoms with Gasteiger partial charge in [0.15, 0.2) is 5.78 Å². The first-order valence-electron chi connectivity index (χ1n) is 8.01. The van der Waals surface area contributed by atoms with Crippen LogP contribution in [0.5, 0.6) is 0 Å². The third-order valence-electron chi connectivity index (χ3n) is 4.39. The van der Waals surface area contributed by atoms with Crippen molar-refractivity contribution in [1.82, 2.24) is 9.78 Å². The Morgan fingerprint density at radius 1 is 1.15 bits per heavy atom. The molecule has 27 heavy (non-hydrogen) atoms. The van der Waals surface area contributed by atoms with E-state index in [0.717, 1.165) is 5.56 Å². The van der Waals surface area contributed by atoms with Crippen molar-refractivity contribution >= 4 is 26.6 Å². The molecule has 2 N–H and O–H groups in total. The third-order valence-corrected chi connectivity index (χ3v) is 6.72. The van der Waals surface area contributed by atoms with Gasteiger partial charge in [-0.1, -0.05) is 18.2 Å². The van der Waals surface area contributed by atoms with E-state index in [1.54, 1.807) is 22.9 Å². The molecule has 0 spiro atoms. The van der Waals surface area contributed by atoms with Crippen molar-refractivity contribution in [2.75, 3.05) is 0 Å². The Balaban J connectivity index is 1.98. The van der Waals surface area contributed by atoms with Crippen molar-refractivity contribution in [2.24, 2.45) is 5.14 Å². The molecule has 0 bridgehead atoms. The van der Waals surface area contributed by atoms with Crippen molar-refractivity contribution in [3.8, 4) is 16.9 Å². The molecule has 1 aromatic heterocycles. The van der Waals surface area contributed by atoms with Crippen molar-refractivity contribution in [3.63, 3.8) is 0 Å². The summed E-state index contributed by atoms with van der Waals surface area (Å²) in [6.45, 7) is 1.42. The smallest absolute Gasteiger partial charge is 0.238 e. The summed E-state index contributed by atoms with van der Waals surface area (Å²) in [6, 6.07) is 13.2. The first-order valence-corrected chi connectivity index (χ1v) is 10.9. The molecule has 0 radical (unpaired) electrons. The van der Waals surface area contributed by atoms with Crippen LogP contribution >= 0.6 is 0 Å². The lowest BCUT2D eigenvalue weighted by atomic mass is 10.0. The molecule has 1 aliphatic rings. The Morgan fingerprint density at radius 3 is 2.44 bits per heavy atom. The lowest BCUT2D eigenvalue weighted by molar-refractivity contribution is 0.101. The number of nitrogens with zero attached hydrogens (tertiary/aromatic N) is 2. The largest absolute Gasteiger partial charge is 0.293 e. The van der Waals surface area contributed by atoms with Gasteiger partial charge in [0.2, 0.25) is 10.0 Å². The number of ketones is 1. The summed E-state index contributed by atoms with van der Waals surface area (Å²) in [5, 5.41) is 9.59. The van der Waals surface area contributed by atoms with Gasteiger partial charge < -0.3 is 0 Å². The van der Waals surface area contributed by atoms with E-state index in [9.17, 15) is 17.4 Å². The maximum atomic E-state index is 12.6. The number of hydrogen-bond donors (Lipinski definition) is 1. The van der Waals surface area contributed by atoms with Gasteiger partial charge in [-0.15, -0.1) is 0 Å². The van der Waals surface area contributed by atoms with E-state index in [0.29, 0.717) is 21.8 Å². The molecule has 0 saturated carbocycles. The second-order valence-corrected chi connectivity index (χ2v) is 9.15. The molecule has 0 fully saturated rings. The summed E-state index contributed by atoms with van der Waals surface area (Å²) in [5.74, 6) is -0.0150. The number of carbonyl (C=O) groups excluding carboxylic acids is 1. The topological polar surface area (TPSA) is 112 Å². The number of nitrogens with two attached hydrogens (primary N) is 1. The average molecular weight is 401 g/mol. The number of sulfonamides is 1. The molecular formula is C18H15N3O4S2. The highest BCUT2D eigenvalue weighted by Gasteiger charge is 2.30. The zero-order chi connectivity index (χ0) is 19.3. The zero-order valence-electron chi connectivity index (χ0n) is 14.2. The number of fused-ring (bicyclic) bond motifs is 3. The van der Waals surface area contributed by atoms with Crippen LogP contribution in [-0.4, -0.2) is 28.2 Å². The number of primary sulfonamides is 1. The first kappa shape index (κ1) is 17.8. The molecular weight excluding hydrogens is 386 g/mol. The van der Waals surface area contributed by atoms with E-state index in [1.807, 2.05) is 18.2 Å². The summed E-state index contributed by atoms with van der Waals surface area (Å²) in [5.41, 5.74) is 2.92. The molecule has 1 unspecified atom stereocenters. The molecule has 3 aromatic rings. The Hall–Kier alpha value is -2.62. The number of Topliss-reactive ketones (excluding diaryl/α,β-unsaturated/α-hetero) is 1. The Labute approximate surface area is 158 Å². The van der Waals surface area contributed by atoms with Crippen LogP contribution in [-0.2, 0) is 26.6 Å². The molecule has 9 heteroatoms. The van der Waals surface area contributed by atoms with Crippen LogP contribution < -0.4 is 5.14 Å². The van der Waals surface area contributed by atoms with Crippen molar-refractivity contribution in [1.29, 1.82) is 0 Å². The number of aromatic nitrogens is 2. The highest BCUT2D eigenvalue weighted by Crippen LogP contribution is 2.39. The van der Waals surface area contributed by atoms with Gasteiger partial charge in [-0.25, -0.2) is 18.2 Å². The highest BCUT2D eigenvalue weighted by atomic mass is 32.2. The molecule has 0 aliphatic carbocycles. The van der Waals surface area contributed by atoms with Crippen LogP contribution in [0.15, 0.2) is 58.3 Å². The van der Waals surface area contributed by atoms with Crippen LogP contribution in [0, 0.1) is 0 Å². The van der Waals surface area contributed by atoms with Gasteiger partial charge in [-0.3, -0.25) is 9.00 Å². The van der Waals surface area contributed by atoms with Gasteiger partial charge in [0, 0.05) is 22.9 Å². The number of rotatable bonds is 3. The molecule has 4 rings (SSSR count). The summed E-state index contributed by atoms with van der Waals surface area (Å²) >= 11 is 0. The molecule has 2 heterocycles. The lowest BCUT2D eigenvalue weighted by Gasteiger charge is -2.18. The molecule has 7 nitrogen and oxygen atoms in total. The van der Waals surface area contributed by atoms with E-state index in [-0.39, 0.29) is 22.1 Å². The minimum Gasteiger partial charge on any atom is -0.293 e. The molecule has 1 atom stereocenters. The van der Waals surface area contributed by atoms with Gasteiger partial charge in [-0.05, 0) is 30.3 Å². The van der Waals surface area contributed by atoms with Crippen molar-refractivity contribution < 1.29 is 17.4 Å². The van der Waals surface area contributed by atoms with E-state index in [1.165, 1.54) is 19.1 Å². The van der Waals surface area contributed by atoms with Gasteiger partial charge in [0.05, 0.1) is 32.8 Å². The van der Waals surface area contributed by atoms with Crippen LogP contribution in [0.2, 0.25) is 0 Å². The van der Waals surface area contributed by atoms with Gasteiger partial charge >= 0.3 is 0 Å². The first-order chi connectivity index (χ1) is 12.8. The number of hydrogen-bond acceptors (Lipinski definition) is 5. The van der Waals surface area contributed by atoms with Gasteiger partial charge in [-0.2, -0.15) is 5.10 Å². The van der Waals surface area contributed by atoms with Crippen LogP contribution in [0.25, 0.3) is 16.9 Å². The van der Waals surface area contributed by atoms with E-state index < -0.39 is 20.8 Å². The van der Waals surface area contributed by atoms with Crippen LogP contribution in [0.3, 0.4) is 0 Å². The molecule has 0 saturated heterocycles. The van der Waals surface area contributed by atoms with Crippen LogP contribution in [0.1, 0.15) is 23.0 Å². The highest BCUT2D eigenvalue weighted by molar-refractivity contribution is 7.89. The fraction of sp³-hybridized carbons (Fsp3) is 0.111. The van der Waals surface area contributed by atoms with E-state index >= 15 is 0 Å². The Bertz CT molecular complexity index is 1210. The predicted octanol–water partition coefficient (Wildman–Crippen LogP) is 2.01. The quantitative estimate of drug-likeness (QED) is 0.675. The Morgan fingerprint density at radius 2 is 1.81 bits per heavy atom. The average Bonchev–Trinajstić information content (AvgIpc) is 3.01. The second kappa shape index (κ2) is 6.22. The molecule has 2 aromatic carbocycles. The maximum Gasteiger partial charge on any atom is 0.238 e. The van der Waals surface area contributed by atoms with Gasteiger partial charge in [0.1, 0.15) is 5.69 Å². The predicted molar refractivity (Wildman–Crippen MR) is 100 cm³/mol. The summed E-state index contributed by atoms with van der Waals surface area (Å²) in [7, 11) is -5.07. The van der Waals surface area contributed by atoms with Gasteiger partial charge in [0.25, 0.3) is 0 Å². The monoisotopic (exact) mass is 401 g/mol. The molecule has 138 valence electrons. The van der Waals surface area contributed by atoms with Crippen LogP contribution in [0.4, 0.5) is 0 Å². The Kier molecular flexibility index (Phi) is 4.10. The minimum absolute atomic E-state index is 0.0134. The number of carbonyl (C=O) groups is 1. The lowest BCUT2D eigenvalue weighted by Crippen LogP contribution is -2.12.